The van der Waals surface area contributed by atoms with Gasteiger partial charge in [-0.2, -0.15) is 31.3 Å². The average molecular weight is 569 g/mol. The van der Waals surface area contributed by atoms with Gasteiger partial charge >= 0.3 is 12.4 Å². The van der Waals surface area contributed by atoms with Crippen molar-refractivity contribution in [2.24, 2.45) is 0 Å². The highest BCUT2D eigenvalue weighted by molar-refractivity contribution is 5.97. The summed E-state index contributed by atoms with van der Waals surface area (Å²) in [6.07, 6.45) is -10.5. The molecule has 13 heteroatoms. The lowest BCUT2D eigenvalue weighted by Crippen LogP contribution is -2.39. The molecule has 1 aromatic heterocycles. The molecule has 212 valence electrons. The van der Waals surface area contributed by atoms with E-state index < -0.39 is 59.4 Å². The van der Waals surface area contributed by atoms with Gasteiger partial charge in [-0.3, -0.25) is 4.79 Å². The monoisotopic (exact) mass is 569 g/mol. The number of carbonyl (C=O) groups excluding carboxylic acids is 1. The summed E-state index contributed by atoms with van der Waals surface area (Å²) in [6, 6.07) is 6.24. The maximum Gasteiger partial charge on any atom is 0.416 e. The van der Waals surface area contributed by atoms with Gasteiger partial charge in [0.15, 0.2) is 5.82 Å². The Bertz CT molecular complexity index is 1410. The van der Waals surface area contributed by atoms with E-state index in [2.05, 4.69) is 10.1 Å². The maximum atomic E-state index is 13.7. The number of hydrogen-bond donors (Lipinski definition) is 0. The van der Waals surface area contributed by atoms with Crippen molar-refractivity contribution < 1.29 is 44.8 Å². The first-order chi connectivity index (χ1) is 18.7. The standard InChI is InChI=1S/C27H22F7N3O3/c1-13(16-7-18(26(29,30)31)11-19(8-16)27(32,33)34)39-22-12-37-21(24(22)15-3-5-20(28)6-4-15)9-17(10-23(37)38)25-35-14(2)36-40-25/h3-8,10-11,13,21-22,24H,9,12H2,1-2H3/t13-,21?,22+,24?/m1/s1. The number of rotatable bonds is 5. The molecule has 4 atom stereocenters. The van der Waals surface area contributed by atoms with Gasteiger partial charge in [-0.05, 0) is 61.7 Å². The van der Waals surface area contributed by atoms with Crippen LogP contribution in [-0.2, 0) is 21.9 Å². The molecule has 2 aliphatic heterocycles. The van der Waals surface area contributed by atoms with E-state index in [1.807, 2.05) is 0 Å². The van der Waals surface area contributed by atoms with Gasteiger partial charge in [-0.25, -0.2) is 4.39 Å². The van der Waals surface area contributed by atoms with E-state index >= 15 is 0 Å². The summed E-state index contributed by atoms with van der Waals surface area (Å²) in [5.41, 5.74) is -2.17. The highest BCUT2D eigenvalue weighted by Gasteiger charge is 2.48. The van der Waals surface area contributed by atoms with E-state index in [0.29, 0.717) is 29.1 Å². The number of hydrogen-bond acceptors (Lipinski definition) is 5. The van der Waals surface area contributed by atoms with Crippen molar-refractivity contribution in [3.05, 3.63) is 88.3 Å². The second kappa shape index (κ2) is 10.0. The molecule has 1 fully saturated rings. The average Bonchev–Trinajstić information content (AvgIpc) is 3.47. The predicted molar refractivity (Wildman–Crippen MR) is 126 cm³/mol. The van der Waals surface area contributed by atoms with Crippen LogP contribution in [0.15, 0.2) is 53.1 Å². The van der Waals surface area contributed by atoms with E-state index in [4.69, 9.17) is 9.26 Å². The van der Waals surface area contributed by atoms with Crippen molar-refractivity contribution in [1.29, 1.82) is 0 Å². The summed E-state index contributed by atoms with van der Waals surface area (Å²) < 4.78 is 106. The van der Waals surface area contributed by atoms with E-state index in [-0.39, 0.29) is 30.5 Å². The first-order valence-electron chi connectivity index (χ1n) is 12.2. The second-order valence-electron chi connectivity index (χ2n) is 9.81. The Kier molecular flexibility index (Phi) is 6.97. The third-order valence-electron chi connectivity index (χ3n) is 7.12. The van der Waals surface area contributed by atoms with Crippen molar-refractivity contribution in [3.8, 4) is 0 Å². The van der Waals surface area contributed by atoms with E-state index in [1.165, 1.54) is 42.2 Å². The van der Waals surface area contributed by atoms with E-state index in [1.54, 1.807) is 6.92 Å². The van der Waals surface area contributed by atoms with Crippen molar-refractivity contribution >= 4 is 11.5 Å². The number of amides is 1. The van der Waals surface area contributed by atoms with Gasteiger partial charge in [0.05, 0.1) is 23.3 Å². The second-order valence-corrected chi connectivity index (χ2v) is 9.81. The lowest BCUT2D eigenvalue weighted by atomic mass is 9.85. The third-order valence-corrected chi connectivity index (χ3v) is 7.12. The molecular weight excluding hydrogens is 547 g/mol. The number of carbonyl (C=O) groups is 1. The number of aryl methyl sites for hydroxylation is 1. The quantitative estimate of drug-likeness (QED) is 0.329. The summed E-state index contributed by atoms with van der Waals surface area (Å²) in [6.45, 7) is 2.97. The first kappa shape index (κ1) is 27.8. The minimum Gasteiger partial charge on any atom is -0.368 e. The van der Waals surface area contributed by atoms with Crippen LogP contribution in [0, 0.1) is 12.7 Å². The molecule has 40 heavy (non-hydrogen) atoms. The number of ether oxygens (including phenoxy) is 1. The number of nitrogens with zero attached hydrogens (tertiary/aromatic N) is 3. The zero-order chi connectivity index (χ0) is 29.0. The Balaban J connectivity index is 1.49. The molecule has 3 aromatic rings. The van der Waals surface area contributed by atoms with E-state index in [9.17, 15) is 35.5 Å². The number of benzene rings is 2. The molecule has 0 bridgehead atoms. The van der Waals surface area contributed by atoms with Crippen molar-refractivity contribution in [2.45, 2.75) is 56.8 Å². The van der Waals surface area contributed by atoms with Crippen molar-refractivity contribution in [3.63, 3.8) is 0 Å². The molecule has 1 amide bonds. The molecule has 2 aromatic carbocycles. The van der Waals surface area contributed by atoms with E-state index in [0.717, 1.165) is 0 Å². The number of fused-ring (bicyclic) bond motifs is 1. The van der Waals surface area contributed by atoms with Crippen LogP contribution in [0.5, 0.6) is 0 Å². The molecule has 2 unspecified atom stereocenters. The largest absolute Gasteiger partial charge is 0.416 e. The lowest BCUT2D eigenvalue weighted by Gasteiger charge is -2.32. The minimum atomic E-state index is -5.01. The van der Waals surface area contributed by atoms with Gasteiger partial charge in [0.2, 0.25) is 5.91 Å². The predicted octanol–water partition coefficient (Wildman–Crippen LogP) is 6.48. The van der Waals surface area contributed by atoms with Gasteiger partial charge < -0.3 is 14.2 Å². The van der Waals surface area contributed by atoms with Crippen LogP contribution in [0.3, 0.4) is 0 Å². The zero-order valence-corrected chi connectivity index (χ0v) is 21.1. The Morgan fingerprint density at radius 3 is 2.20 bits per heavy atom. The van der Waals surface area contributed by atoms with Crippen molar-refractivity contribution in [2.75, 3.05) is 6.54 Å². The van der Waals surface area contributed by atoms with Crippen LogP contribution >= 0.6 is 0 Å². The fourth-order valence-electron chi connectivity index (χ4n) is 5.27. The van der Waals surface area contributed by atoms with Crippen LogP contribution in [0.25, 0.3) is 5.57 Å². The number of halogens is 7. The lowest BCUT2D eigenvalue weighted by molar-refractivity contribution is -0.143. The minimum absolute atomic E-state index is 0.00755. The fourth-order valence-corrected chi connectivity index (χ4v) is 5.27. The van der Waals surface area contributed by atoms with Crippen LogP contribution in [0.4, 0.5) is 30.7 Å². The SMILES string of the molecule is Cc1noc(C2=CC(=O)N3C[C@H](O[C@H](C)c4cc(C(F)(F)F)cc(C(F)(F)F)c4)C(c4ccc(F)cc4)C3C2)n1. The first-order valence-corrected chi connectivity index (χ1v) is 12.2. The van der Waals surface area contributed by atoms with Crippen LogP contribution in [0.1, 0.15) is 59.3 Å². The molecule has 3 heterocycles. The Morgan fingerprint density at radius 2 is 1.65 bits per heavy atom. The van der Waals surface area contributed by atoms with Crippen molar-refractivity contribution in [1.82, 2.24) is 15.0 Å². The highest BCUT2D eigenvalue weighted by atomic mass is 19.4. The smallest absolute Gasteiger partial charge is 0.368 e. The summed E-state index contributed by atoms with van der Waals surface area (Å²) in [7, 11) is 0. The number of aromatic nitrogens is 2. The molecule has 5 rings (SSSR count). The third kappa shape index (κ3) is 5.47. The van der Waals surface area contributed by atoms with Gasteiger partial charge in [-0.1, -0.05) is 17.3 Å². The molecule has 2 aliphatic rings. The van der Waals surface area contributed by atoms with Gasteiger partial charge in [-0.15, -0.1) is 0 Å². The Labute approximate surface area is 223 Å². The molecule has 0 saturated carbocycles. The maximum absolute atomic E-state index is 13.7. The Hall–Kier alpha value is -3.74. The van der Waals surface area contributed by atoms with Crippen LogP contribution in [-0.4, -0.2) is 39.6 Å². The fraction of sp³-hybridized carbons (Fsp3) is 0.370. The molecule has 1 saturated heterocycles. The zero-order valence-electron chi connectivity index (χ0n) is 21.1. The van der Waals surface area contributed by atoms with Crippen LogP contribution in [0.2, 0.25) is 0 Å². The molecule has 0 aliphatic carbocycles. The van der Waals surface area contributed by atoms with Gasteiger partial charge in [0.25, 0.3) is 5.89 Å². The Morgan fingerprint density at radius 1 is 1.02 bits per heavy atom. The molecular formula is C27H22F7N3O3. The highest BCUT2D eigenvalue weighted by Crippen LogP contribution is 2.45. The molecule has 0 spiro atoms. The summed E-state index contributed by atoms with van der Waals surface area (Å²) in [5, 5.41) is 3.75. The van der Waals surface area contributed by atoms with Crippen LogP contribution < -0.4 is 0 Å². The summed E-state index contributed by atoms with van der Waals surface area (Å²) >= 11 is 0. The molecule has 6 nitrogen and oxygen atoms in total. The topological polar surface area (TPSA) is 68.5 Å². The van der Waals surface area contributed by atoms with Gasteiger partial charge in [0.1, 0.15) is 5.82 Å². The molecule has 0 N–H and O–H groups in total. The van der Waals surface area contributed by atoms with Gasteiger partial charge in [0, 0.05) is 30.2 Å². The molecule has 0 radical (unpaired) electrons. The normalized spacial score (nSPS) is 22.3. The summed E-state index contributed by atoms with van der Waals surface area (Å²) in [4.78, 5) is 18.8. The number of alkyl halides is 6. The summed E-state index contributed by atoms with van der Waals surface area (Å²) in [5.74, 6) is -0.972.